The molecule has 24 heavy (non-hydrogen) atoms. The van der Waals surface area contributed by atoms with Crippen molar-refractivity contribution in [1.82, 2.24) is 9.62 Å². The van der Waals surface area contributed by atoms with E-state index in [-0.39, 0.29) is 23.6 Å². The van der Waals surface area contributed by atoms with Crippen LogP contribution in [0.5, 0.6) is 0 Å². The fourth-order valence-electron chi connectivity index (χ4n) is 3.31. The summed E-state index contributed by atoms with van der Waals surface area (Å²) in [6.07, 6.45) is 1.47. The van der Waals surface area contributed by atoms with Crippen LogP contribution in [0, 0.1) is 19.8 Å². The molecule has 2 rings (SSSR count). The van der Waals surface area contributed by atoms with Gasteiger partial charge >= 0.3 is 0 Å². The van der Waals surface area contributed by atoms with Crippen LogP contribution in [0.1, 0.15) is 49.4 Å². The third kappa shape index (κ3) is 4.36. The normalized spacial score (nSPS) is 20.6. The number of aryl methyl sites for hydroxylation is 2. The number of nitrogens with zero attached hydrogens (tertiary/aromatic N) is 1. The molecule has 0 aliphatic carbocycles. The molecule has 2 atom stereocenters. The second kappa shape index (κ2) is 7.66. The molecule has 1 fully saturated rings. The fourth-order valence-corrected chi connectivity index (χ4v) is 4.49. The van der Waals surface area contributed by atoms with E-state index >= 15 is 0 Å². The predicted molar refractivity (Wildman–Crippen MR) is 96.2 cm³/mol. The van der Waals surface area contributed by atoms with Crippen molar-refractivity contribution in [2.45, 2.75) is 46.6 Å². The number of sulfonamides is 1. The van der Waals surface area contributed by atoms with Crippen LogP contribution in [0.3, 0.4) is 0 Å². The number of carbonyl (C=O) groups is 1. The van der Waals surface area contributed by atoms with E-state index in [2.05, 4.69) is 11.4 Å². The van der Waals surface area contributed by atoms with Gasteiger partial charge in [0.1, 0.15) is 0 Å². The van der Waals surface area contributed by atoms with E-state index in [0.717, 1.165) is 24.0 Å². The second-order valence-electron chi connectivity index (χ2n) is 6.69. The molecule has 1 amide bonds. The molecule has 0 aromatic heterocycles. The second-order valence-corrected chi connectivity index (χ2v) is 8.95. The van der Waals surface area contributed by atoms with Crippen molar-refractivity contribution in [3.63, 3.8) is 0 Å². The Kier molecular flexibility index (Phi) is 6.04. The quantitative estimate of drug-likeness (QED) is 0.885. The Balaban J connectivity index is 2.03. The zero-order chi connectivity index (χ0) is 17.9. The average molecular weight is 353 g/mol. The average Bonchev–Trinajstić information content (AvgIpc) is 2.54. The molecular formula is C18H28N2O3S. The molecule has 1 N–H and O–H groups in total. The van der Waals surface area contributed by atoms with Crippen LogP contribution in [0.15, 0.2) is 18.2 Å². The summed E-state index contributed by atoms with van der Waals surface area (Å²) in [5, 5.41) is 3.06. The molecule has 1 aliphatic rings. The lowest BCUT2D eigenvalue weighted by Crippen LogP contribution is -2.46. The van der Waals surface area contributed by atoms with E-state index in [1.807, 2.05) is 32.9 Å². The molecule has 6 heteroatoms. The topological polar surface area (TPSA) is 66.5 Å². The van der Waals surface area contributed by atoms with Crippen molar-refractivity contribution in [3.8, 4) is 0 Å². The van der Waals surface area contributed by atoms with Gasteiger partial charge in [-0.1, -0.05) is 23.8 Å². The molecule has 0 spiro atoms. The lowest BCUT2D eigenvalue weighted by Gasteiger charge is -2.31. The van der Waals surface area contributed by atoms with Gasteiger partial charge in [0.2, 0.25) is 15.9 Å². The highest BCUT2D eigenvalue weighted by atomic mass is 32.2. The maximum absolute atomic E-state index is 12.6. The van der Waals surface area contributed by atoms with E-state index in [9.17, 15) is 13.2 Å². The predicted octanol–water partition coefficient (Wildman–Crippen LogP) is 2.54. The van der Waals surface area contributed by atoms with Crippen molar-refractivity contribution in [2.75, 3.05) is 18.8 Å². The maximum Gasteiger partial charge on any atom is 0.224 e. The van der Waals surface area contributed by atoms with Gasteiger partial charge in [0, 0.05) is 13.1 Å². The van der Waals surface area contributed by atoms with Gasteiger partial charge in [-0.2, -0.15) is 0 Å². The minimum Gasteiger partial charge on any atom is -0.349 e. The molecule has 1 saturated heterocycles. The third-order valence-corrected chi connectivity index (χ3v) is 6.61. The van der Waals surface area contributed by atoms with Gasteiger partial charge in [-0.25, -0.2) is 12.7 Å². The van der Waals surface area contributed by atoms with Gasteiger partial charge in [-0.3, -0.25) is 4.79 Å². The van der Waals surface area contributed by atoms with Crippen molar-refractivity contribution >= 4 is 15.9 Å². The summed E-state index contributed by atoms with van der Waals surface area (Å²) in [5.41, 5.74) is 3.45. The van der Waals surface area contributed by atoms with E-state index in [1.54, 1.807) is 6.92 Å². The van der Waals surface area contributed by atoms with Gasteiger partial charge < -0.3 is 5.32 Å². The summed E-state index contributed by atoms with van der Waals surface area (Å²) < 4.78 is 25.5. The summed E-state index contributed by atoms with van der Waals surface area (Å²) in [5.74, 6) is -0.243. The first-order valence-electron chi connectivity index (χ1n) is 8.60. The zero-order valence-corrected chi connectivity index (χ0v) is 15.8. The lowest BCUT2D eigenvalue weighted by molar-refractivity contribution is -0.126. The van der Waals surface area contributed by atoms with Crippen LogP contribution in [-0.4, -0.2) is 37.5 Å². The summed E-state index contributed by atoms with van der Waals surface area (Å²) in [6.45, 7) is 8.51. The summed E-state index contributed by atoms with van der Waals surface area (Å²) in [4.78, 5) is 12.6. The van der Waals surface area contributed by atoms with E-state index in [1.165, 1.54) is 9.87 Å². The Morgan fingerprint density at radius 3 is 2.71 bits per heavy atom. The van der Waals surface area contributed by atoms with Gasteiger partial charge in [0.15, 0.2) is 0 Å². The van der Waals surface area contributed by atoms with Crippen molar-refractivity contribution in [3.05, 3.63) is 34.9 Å². The summed E-state index contributed by atoms with van der Waals surface area (Å²) >= 11 is 0. The van der Waals surface area contributed by atoms with Crippen LogP contribution in [0.2, 0.25) is 0 Å². The Morgan fingerprint density at radius 2 is 2.08 bits per heavy atom. The van der Waals surface area contributed by atoms with Crippen molar-refractivity contribution < 1.29 is 13.2 Å². The first-order chi connectivity index (χ1) is 11.2. The number of amides is 1. The van der Waals surface area contributed by atoms with E-state index in [4.69, 9.17) is 0 Å². The highest BCUT2D eigenvalue weighted by Gasteiger charge is 2.31. The number of benzene rings is 1. The standard InChI is InChI=1S/C18H28N2O3S/c1-5-24(22,23)20-10-6-7-16(12-20)18(21)19-15(4)17-9-8-13(2)11-14(17)3/h8-9,11,15-16H,5-7,10,12H2,1-4H3,(H,19,21)/t15-,16+/m1/s1. The Hall–Kier alpha value is -1.40. The Labute approximate surface area is 145 Å². The smallest absolute Gasteiger partial charge is 0.224 e. The molecule has 1 aromatic carbocycles. The molecule has 1 heterocycles. The highest BCUT2D eigenvalue weighted by Crippen LogP contribution is 2.23. The largest absolute Gasteiger partial charge is 0.349 e. The molecule has 5 nitrogen and oxygen atoms in total. The molecule has 1 aromatic rings. The maximum atomic E-state index is 12.6. The minimum atomic E-state index is -3.23. The number of rotatable bonds is 5. The van der Waals surface area contributed by atoms with Crippen molar-refractivity contribution in [2.24, 2.45) is 5.92 Å². The summed E-state index contributed by atoms with van der Waals surface area (Å²) in [6, 6.07) is 6.11. The molecule has 1 aliphatic heterocycles. The number of nitrogens with one attached hydrogen (secondary N) is 1. The molecule has 0 radical (unpaired) electrons. The van der Waals surface area contributed by atoms with Crippen LogP contribution >= 0.6 is 0 Å². The molecule has 0 saturated carbocycles. The molecule has 0 bridgehead atoms. The third-order valence-electron chi connectivity index (χ3n) is 4.76. The zero-order valence-electron chi connectivity index (χ0n) is 15.0. The van der Waals surface area contributed by atoms with Crippen LogP contribution < -0.4 is 5.32 Å². The van der Waals surface area contributed by atoms with Gasteiger partial charge in [-0.15, -0.1) is 0 Å². The highest BCUT2D eigenvalue weighted by molar-refractivity contribution is 7.89. The van der Waals surface area contributed by atoms with Gasteiger partial charge in [-0.05, 0) is 51.7 Å². The number of hydrogen-bond acceptors (Lipinski definition) is 3. The lowest BCUT2D eigenvalue weighted by atomic mass is 9.96. The molecule has 0 unspecified atom stereocenters. The van der Waals surface area contributed by atoms with Crippen LogP contribution in [0.4, 0.5) is 0 Å². The van der Waals surface area contributed by atoms with Gasteiger partial charge in [0.05, 0.1) is 17.7 Å². The van der Waals surface area contributed by atoms with Gasteiger partial charge in [0.25, 0.3) is 0 Å². The Morgan fingerprint density at radius 1 is 1.38 bits per heavy atom. The first kappa shape index (κ1) is 18.9. The van der Waals surface area contributed by atoms with Crippen LogP contribution in [0.25, 0.3) is 0 Å². The first-order valence-corrected chi connectivity index (χ1v) is 10.2. The van der Waals surface area contributed by atoms with Crippen LogP contribution in [-0.2, 0) is 14.8 Å². The fraction of sp³-hybridized carbons (Fsp3) is 0.611. The monoisotopic (exact) mass is 352 g/mol. The molecular weight excluding hydrogens is 324 g/mol. The molecule has 134 valence electrons. The van der Waals surface area contributed by atoms with E-state index in [0.29, 0.717) is 13.1 Å². The number of hydrogen-bond donors (Lipinski definition) is 1. The minimum absolute atomic E-state index is 0.0570. The number of piperidine rings is 1. The summed E-state index contributed by atoms with van der Waals surface area (Å²) in [7, 11) is -3.23. The van der Waals surface area contributed by atoms with E-state index < -0.39 is 10.0 Å². The Bertz CT molecular complexity index is 700. The number of carbonyl (C=O) groups excluding carboxylic acids is 1. The SMILES string of the molecule is CCS(=O)(=O)N1CCC[C@H](C(=O)N[C@H](C)c2ccc(C)cc2C)C1. The van der Waals surface area contributed by atoms with Crippen molar-refractivity contribution in [1.29, 1.82) is 0 Å².